The van der Waals surface area contributed by atoms with Gasteiger partial charge in [-0.05, 0) is 64.7 Å². The number of rotatable bonds is 4. The summed E-state index contributed by atoms with van der Waals surface area (Å²) in [7, 11) is 0. The van der Waals surface area contributed by atoms with Gasteiger partial charge in [-0.15, -0.1) is 0 Å². The van der Waals surface area contributed by atoms with Gasteiger partial charge in [0.2, 0.25) is 0 Å². The lowest BCUT2D eigenvalue weighted by atomic mass is 9.99. The highest BCUT2D eigenvalue weighted by atomic mass is 16.4. The molecule has 5 heteroatoms. The van der Waals surface area contributed by atoms with Crippen molar-refractivity contribution in [1.29, 1.82) is 0 Å². The molecule has 0 aliphatic heterocycles. The van der Waals surface area contributed by atoms with E-state index in [2.05, 4.69) is 6.07 Å². The van der Waals surface area contributed by atoms with Crippen LogP contribution < -0.4 is 0 Å². The lowest BCUT2D eigenvalue weighted by molar-refractivity contribution is 0.0686. The summed E-state index contributed by atoms with van der Waals surface area (Å²) in [4.78, 5) is 27.4. The molecule has 5 aromatic rings. The zero-order chi connectivity index (χ0) is 22.2. The fourth-order valence-electron chi connectivity index (χ4n) is 3.85. The van der Waals surface area contributed by atoms with Crippen LogP contribution in [0.25, 0.3) is 44.1 Å². The molecule has 0 fully saturated rings. The summed E-state index contributed by atoms with van der Waals surface area (Å²) in [5, 5.41) is 20.5. The topological polar surface area (TPSA) is 87.5 Å². The zero-order valence-electron chi connectivity index (χ0n) is 16.8. The molecule has 1 aromatic heterocycles. The van der Waals surface area contributed by atoms with Crippen LogP contribution in [0.4, 0.5) is 0 Å². The molecule has 5 rings (SSSR count). The molecule has 0 amide bonds. The molecule has 5 nitrogen and oxygen atoms in total. The minimum atomic E-state index is -0.962. The van der Waals surface area contributed by atoms with Crippen LogP contribution in [0.1, 0.15) is 20.7 Å². The van der Waals surface area contributed by atoms with E-state index in [0.717, 1.165) is 44.1 Å². The molecule has 154 valence electrons. The van der Waals surface area contributed by atoms with Crippen molar-refractivity contribution in [2.75, 3.05) is 0 Å². The first-order chi connectivity index (χ1) is 15.5. The maximum Gasteiger partial charge on any atom is 0.335 e. The number of carbonyl (C=O) groups is 2. The molecule has 0 unspecified atom stereocenters. The van der Waals surface area contributed by atoms with Gasteiger partial charge in [-0.3, -0.25) is 0 Å². The van der Waals surface area contributed by atoms with Gasteiger partial charge in [0.05, 0.1) is 22.2 Å². The third-order valence-corrected chi connectivity index (χ3v) is 5.50. The number of hydrogen-bond acceptors (Lipinski definition) is 3. The molecule has 4 aromatic carbocycles. The van der Waals surface area contributed by atoms with E-state index in [0.29, 0.717) is 0 Å². The number of fused-ring (bicyclic) bond motifs is 2. The number of benzene rings is 4. The highest BCUT2D eigenvalue weighted by Gasteiger charge is 2.09. The number of hydrogen-bond donors (Lipinski definition) is 2. The SMILES string of the molecule is O=C(O)c1cccc(-c2ccc3cc4ccc(-c5cccc(C(=O)O)c5)cc4nc3c2)c1. The molecule has 0 saturated carbocycles. The number of nitrogens with zero attached hydrogens (tertiary/aromatic N) is 1. The van der Waals surface area contributed by atoms with E-state index in [1.807, 2.05) is 48.5 Å². The van der Waals surface area contributed by atoms with Gasteiger partial charge >= 0.3 is 11.9 Å². The van der Waals surface area contributed by atoms with Crippen molar-refractivity contribution in [2.45, 2.75) is 0 Å². The second-order valence-corrected chi connectivity index (χ2v) is 7.58. The maximum absolute atomic E-state index is 11.3. The maximum atomic E-state index is 11.3. The Labute approximate surface area is 183 Å². The van der Waals surface area contributed by atoms with E-state index < -0.39 is 11.9 Å². The van der Waals surface area contributed by atoms with Gasteiger partial charge in [0.1, 0.15) is 0 Å². The highest BCUT2D eigenvalue weighted by molar-refractivity contribution is 5.97. The van der Waals surface area contributed by atoms with Crippen molar-refractivity contribution in [3.05, 3.63) is 102 Å². The Balaban J connectivity index is 1.61. The van der Waals surface area contributed by atoms with Crippen molar-refractivity contribution >= 4 is 33.7 Å². The molecule has 0 bridgehead atoms. The zero-order valence-corrected chi connectivity index (χ0v) is 16.8. The lowest BCUT2D eigenvalue weighted by Crippen LogP contribution is -1.96. The first kappa shape index (κ1) is 19.5. The molecular formula is C27H17NO4. The van der Waals surface area contributed by atoms with E-state index in [-0.39, 0.29) is 11.1 Å². The Morgan fingerprint density at radius 2 is 0.969 bits per heavy atom. The molecule has 0 aliphatic rings. The summed E-state index contributed by atoms with van der Waals surface area (Å²) in [6.07, 6.45) is 0. The summed E-state index contributed by atoms with van der Waals surface area (Å²) >= 11 is 0. The van der Waals surface area contributed by atoms with Gasteiger partial charge in [-0.2, -0.15) is 0 Å². The fourth-order valence-corrected chi connectivity index (χ4v) is 3.85. The van der Waals surface area contributed by atoms with Crippen molar-refractivity contribution in [3.8, 4) is 22.3 Å². The largest absolute Gasteiger partial charge is 0.478 e. The third kappa shape index (κ3) is 3.56. The molecule has 0 atom stereocenters. The van der Waals surface area contributed by atoms with E-state index in [4.69, 9.17) is 4.98 Å². The molecule has 0 aliphatic carbocycles. The fraction of sp³-hybridized carbons (Fsp3) is 0. The number of carboxylic acids is 2. The molecule has 0 radical (unpaired) electrons. The molecular weight excluding hydrogens is 402 g/mol. The van der Waals surface area contributed by atoms with Crippen LogP contribution in [0.3, 0.4) is 0 Å². The van der Waals surface area contributed by atoms with Gasteiger partial charge in [0.15, 0.2) is 0 Å². The van der Waals surface area contributed by atoms with Crippen LogP contribution in [0.15, 0.2) is 91.0 Å². The summed E-state index contributed by atoms with van der Waals surface area (Å²) in [5.41, 5.74) is 5.47. The Morgan fingerprint density at radius 1 is 0.531 bits per heavy atom. The first-order valence-corrected chi connectivity index (χ1v) is 10.00. The minimum absolute atomic E-state index is 0.238. The monoisotopic (exact) mass is 419 g/mol. The minimum Gasteiger partial charge on any atom is -0.478 e. The van der Waals surface area contributed by atoms with E-state index in [1.54, 1.807) is 36.4 Å². The smallest absolute Gasteiger partial charge is 0.335 e. The Morgan fingerprint density at radius 3 is 1.41 bits per heavy atom. The molecule has 2 N–H and O–H groups in total. The normalized spacial score (nSPS) is 11.0. The van der Waals surface area contributed by atoms with Gasteiger partial charge in [-0.1, -0.05) is 48.5 Å². The Kier molecular flexibility index (Phi) is 4.64. The van der Waals surface area contributed by atoms with Gasteiger partial charge in [0, 0.05) is 10.8 Å². The van der Waals surface area contributed by atoms with Crippen molar-refractivity contribution in [2.24, 2.45) is 0 Å². The molecule has 0 spiro atoms. The number of aromatic nitrogens is 1. The lowest BCUT2D eigenvalue weighted by Gasteiger charge is -2.08. The number of aromatic carboxylic acids is 2. The summed E-state index contributed by atoms with van der Waals surface area (Å²) < 4.78 is 0. The molecule has 0 saturated heterocycles. The first-order valence-electron chi connectivity index (χ1n) is 10.00. The van der Waals surface area contributed by atoms with Crippen molar-refractivity contribution < 1.29 is 19.8 Å². The third-order valence-electron chi connectivity index (χ3n) is 5.50. The predicted molar refractivity (Wildman–Crippen MR) is 124 cm³/mol. The standard InChI is InChI=1S/C27H17NO4/c29-26(30)22-5-1-3-16(11-22)18-7-9-20-13-21-10-8-19(15-25(21)28-24(20)14-18)17-4-2-6-23(12-17)27(31)32/h1-15H,(H,29,30)(H,31,32). The van der Waals surface area contributed by atoms with E-state index >= 15 is 0 Å². The average Bonchev–Trinajstić information content (AvgIpc) is 2.82. The number of pyridine rings is 1. The van der Waals surface area contributed by atoms with Gasteiger partial charge in [-0.25, -0.2) is 14.6 Å². The van der Waals surface area contributed by atoms with Crippen LogP contribution in [0.2, 0.25) is 0 Å². The quantitative estimate of drug-likeness (QED) is 0.343. The summed E-state index contributed by atoms with van der Waals surface area (Å²) in [6, 6.07) is 27.5. The Bertz CT molecular complexity index is 1430. The van der Waals surface area contributed by atoms with Crippen LogP contribution >= 0.6 is 0 Å². The Hall–Kier alpha value is -4.51. The van der Waals surface area contributed by atoms with Crippen LogP contribution in [0.5, 0.6) is 0 Å². The summed E-state index contributed by atoms with van der Waals surface area (Å²) in [5.74, 6) is -1.92. The average molecular weight is 419 g/mol. The van der Waals surface area contributed by atoms with E-state index in [1.165, 1.54) is 0 Å². The summed E-state index contributed by atoms with van der Waals surface area (Å²) in [6.45, 7) is 0. The number of carboxylic acid groups (broad SMARTS) is 2. The highest BCUT2D eigenvalue weighted by Crippen LogP contribution is 2.29. The second kappa shape index (κ2) is 7.63. The van der Waals surface area contributed by atoms with Crippen molar-refractivity contribution in [3.63, 3.8) is 0 Å². The second-order valence-electron chi connectivity index (χ2n) is 7.58. The van der Waals surface area contributed by atoms with E-state index in [9.17, 15) is 19.8 Å². The van der Waals surface area contributed by atoms with Gasteiger partial charge < -0.3 is 10.2 Å². The molecule has 32 heavy (non-hydrogen) atoms. The van der Waals surface area contributed by atoms with Crippen LogP contribution in [-0.4, -0.2) is 27.1 Å². The van der Waals surface area contributed by atoms with Crippen LogP contribution in [0, 0.1) is 0 Å². The predicted octanol–water partition coefficient (Wildman–Crippen LogP) is 6.12. The van der Waals surface area contributed by atoms with Crippen LogP contribution in [-0.2, 0) is 0 Å². The van der Waals surface area contributed by atoms with Gasteiger partial charge in [0.25, 0.3) is 0 Å². The van der Waals surface area contributed by atoms with Crippen molar-refractivity contribution in [1.82, 2.24) is 4.98 Å². The molecule has 1 heterocycles.